The number of rotatable bonds is 5. The van der Waals surface area contributed by atoms with Gasteiger partial charge >= 0.3 is 6.09 Å². The van der Waals surface area contributed by atoms with Crippen LogP contribution in [0.15, 0.2) is 54.6 Å². The fraction of sp³-hybridized carbons (Fsp3) is 0.440. The van der Waals surface area contributed by atoms with Gasteiger partial charge in [-0.2, -0.15) is 0 Å². The first-order chi connectivity index (χ1) is 14.5. The number of carbonyl (C=O) groups excluding carboxylic acids is 2. The highest BCUT2D eigenvalue weighted by Crippen LogP contribution is 2.35. The molecular weight excluding hydrogens is 378 g/mol. The van der Waals surface area contributed by atoms with Crippen LogP contribution >= 0.6 is 0 Å². The Bertz CT molecular complexity index is 881. The van der Waals surface area contributed by atoms with E-state index in [0.29, 0.717) is 32.0 Å². The van der Waals surface area contributed by atoms with Gasteiger partial charge < -0.3 is 9.47 Å². The molecule has 0 saturated carbocycles. The zero-order valence-electron chi connectivity index (χ0n) is 17.6. The molecule has 0 aromatic heterocycles. The van der Waals surface area contributed by atoms with Gasteiger partial charge in [-0.05, 0) is 29.9 Å². The smallest absolute Gasteiger partial charge is 0.410 e. The molecule has 2 fully saturated rings. The van der Waals surface area contributed by atoms with Gasteiger partial charge in [-0.1, -0.05) is 68.4 Å². The second-order valence-corrected chi connectivity index (χ2v) is 8.57. The number of morpholine rings is 1. The summed E-state index contributed by atoms with van der Waals surface area (Å²) in [5, 5.41) is 0. The lowest BCUT2D eigenvalue weighted by Gasteiger charge is -2.47. The van der Waals surface area contributed by atoms with Crippen molar-refractivity contribution in [1.29, 1.82) is 0 Å². The van der Waals surface area contributed by atoms with Crippen molar-refractivity contribution in [1.82, 2.24) is 4.90 Å². The lowest BCUT2D eigenvalue weighted by Crippen LogP contribution is -2.60. The van der Waals surface area contributed by atoms with Gasteiger partial charge in [0.15, 0.2) is 5.78 Å². The fourth-order valence-corrected chi connectivity index (χ4v) is 4.67. The molecule has 5 nitrogen and oxygen atoms in total. The Morgan fingerprint density at radius 3 is 2.30 bits per heavy atom. The molecule has 2 aromatic carbocycles. The summed E-state index contributed by atoms with van der Waals surface area (Å²) < 4.78 is 11.3. The quantitative estimate of drug-likeness (QED) is 0.668. The minimum Gasteiger partial charge on any atom is -0.445 e. The third kappa shape index (κ3) is 4.26. The van der Waals surface area contributed by atoms with Gasteiger partial charge in [0.1, 0.15) is 6.61 Å². The van der Waals surface area contributed by atoms with Crippen molar-refractivity contribution in [2.45, 2.75) is 51.3 Å². The van der Waals surface area contributed by atoms with Gasteiger partial charge in [0.2, 0.25) is 0 Å². The summed E-state index contributed by atoms with van der Waals surface area (Å²) >= 11 is 0. The first kappa shape index (κ1) is 20.6. The molecule has 2 heterocycles. The van der Waals surface area contributed by atoms with Crippen molar-refractivity contribution in [3.8, 4) is 0 Å². The molecule has 30 heavy (non-hydrogen) atoms. The van der Waals surface area contributed by atoms with E-state index in [1.165, 1.54) is 0 Å². The fourth-order valence-electron chi connectivity index (χ4n) is 4.67. The van der Waals surface area contributed by atoms with Crippen LogP contribution in [0.1, 0.15) is 54.1 Å². The molecule has 0 aliphatic carbocycles. The van der Waals surface area contributed by atoms with Crippen LogP contribution in [0.5, 0.6) is 0 Å². The summed E-state index contributed by atoms with van der Waals surface area (Å²) in [7, 11) is 0. The van der Waals surface area contributed by atoms with Crippen LogP contribution in [-0.4, -0.2) is 42.1 Å². The van der Waals surface area contributed by atoms with E-state index in [2.05, 4.69) is 13.8 Å². The van der Waals surface area contributed by atoms with Crippen molar-refractivity contribution < 1.29 is 19.1 Å². The Hall–Kier alpha value is -2.66. The maximum Gasteiger partial charge on any atom is 0.410 e. The van der Waals surface area contributed by atoms with Gasteiger partial charge in [-0.3, -0.25) is 9.69 Å². The van der Waals surface area contributed by atoms with Crippen LogP contribution in [0.25, 0.3) is 0 Å². The maximum atomic E-state index is 13.4. The van der Waals surface area contributed by atoms with E-state index in [-0.39, 0.29) is 36.5 Å². The number of carbonyl (C=O) groups is 2. The summed E-state index contributed by atoms with van der Waals surface area (Å²) in [5.41, 5.74) is 2.87. The molecule has 2 atom stereocenters. The summed E-state index contributed by atoms with van der Waals surface area (Å²) in [6, 6.07) is 17.3. The van der Waals surface area contributed by atoms with Gasteiger partial charge in [0, 0.05) is 11.5 Å². The zero-order chi connectivity index (χ0) is 21.1. The molecule has 5 heteroatoms. The summed E-state index contributed by atoms with van der Waals surface area (Å²) in [6.07, 6.45) is 0.912. The third-order valence-electron chi connectivity index (χ3n) is 6.16. The molecule has 4 rings (SSSR count). The summed E-state index contributed by atoms with van der Waals surface area (Å²) in [6.45, 7) is 5.37. The highest BCUT2D eigenvalue weighted by Gasteiger charge is 2.44. The SMILES string of the molecule is CC(C)c1ccccc1C(=O)C1CC2COCC(C1)N2C(=O)OCc1ccccc1. The molecular formula is C25H29NO4. The minimum absolute atomic E-state index is 0.0954. The number of Topliss-reactive ketones (excluding diaryl/α,β-unsaturated/α-hetero) is 1. The molecule has 2 unspecified atom stereocenters. The largest absolute Gasteiger partial charge is 0.445 e. The van der Waals surface area contributed by atoms with Crippen LogP contribution in [0.4, 0.5) is 4.79 Å². The molecule has 2 aliphatic rings. The summed E-state index contributed by atoms with van der Waals surface area (Å²) in [4.78, 5) is 28.0. The lowest BCUT2D eigenvalue weighted by atomic mass is 9.79. The van der Waals surface area contributed by atoms with Gasteiger partial charge in [-0.25, -0.2) is 4.79 Å². The van der Waals surface area contributed by atoms with Crippen LogP contribution in [-0.2, 0) is 16.1 Å². The van der Waals surface area contributed by atoms with E-state index in [0.717, 1.165) is 16.7 Å². The van der Waals surface area contributed by atoms with Crippen LogP contribution in [0.3, 0.4) is 0 Å². The Labute approximate surface area is 178 Å². The molecule has 2 aliphatic heterocycles. The average Bonchev–Trinajstić information content (AvgIpc) is 2.76. The highest BCUT2D eigenvalue weighted by atomic mass is 16.6. The second kappa shape index (κ2) is 9.00. The minimum atomic E-state index is -0.314. The number of benzene rings is 2. The number of hydrogen-bond donors (Lipinski definition) is 0. The standard InChI is InChI=1S/C25H29NO4/c1-17(2)22-10-6-7-11-23(22)24(27)19-12-20-15-29-16-21(13-19)26(20)25(28)30-14-18-8-4-3-5-9-18/h3-11,17,19-21H,12-16H2,1-2H3. The number of piperidine rings is 1. The van der Waals surface area contributed by atoms with E-state index in [1.807, 2.05) is 59.5 Å². The van der Waals surface area contributed by atoms with Crippen LogP contribution < -0.4 is 0 Å². The molecule has 2 aromatic rings. The Morgan fingerprint density at radius 1 is 1.00 bits per heavy atom. The monoisotopic (exact) mass is 407 g/mol. The number of nitrogens with zero attached hydrogens (tertiary/aromatic N) is 1. The van der Waals surface area contributed by atoms with Gasteiger partial charge in [0.25, 0.3) is 0 Å². The Kier molecular flexibility index (Phi) is 6.18. The molecule has 2 bridgehead atoms. The molecule has 0 spiro atoms. The van der Waals surface area contributed by atoms with Crippen molar-refractivity contribution >= 4 is 11.9 Å². The Morgan fingerprint density at radius 2 is 1.63 bits per heavy atom. The van der Waals surface area contributed by atoms with E-state index >= 15 is 0 Å². The third-order valence-corrected chi connectivity index (χ3v) is 6.16. The molecule has 0 N–H and O–H groups in total. The first-order valence-corrected chi connectivity index (χ1v) is 10.7. The first-order valence-electron chi connectivity index (χ1n) is 10.7. The van der Waals surface area contributed by atoms with Crippen LogP contribution in [0.2, 0.25) is 0 Å². The van der Waals surface area contributed by atoms with Crippen molar-refractivity contribution in [3.63, 3.8) is 0 Å². The van der Waals surface area contributed by atoms with Gasteiger partial charge in [0.05, 0.1) is 25.3 Å². The van der Waals surface area contributed by atoms with Gasteiger partial charge in [-0.15, -0.1) is 0 Å². The molecule has 158 valence electrons. The van der Waals surface area contributed by atoms with E-state index in [9.17, 15) is 9.59 Å². The predicted molar refractivity (Wildman–Crippen MR) is 114 cm³/mol. The maximum absolute atomic E-state index is 13.4. The van der Waals surface area contributed by atoms with E-state index in [1.54, 1.807) is 0 Å². The van der Waals surface area contributed by atoms with Crippen molar-refractivity contribution in [2.24, 2.45) is 5.92 Å². The topological polar surface area (TPSA) is 55.8 Å². The lowest BCUT2D eigenvalue weighted by molar-refractivity contribution is -0.0755. The molecule has 2 saturated heterocycles. The number of fused-ring (bicyclic) bond motifs is 2. The second-order valence-electron chi connectivity index (χ2n) is 8.57. The van der Waals surface area contributed by atoms with Crippen LogP contribution in [0, 0.1) is 5.92 Å². The number of ether oxygens (including phenoxy) is 2. The zero-order valence-corrected chi connectivity index (χ0v) is 17.6. The van der Waals surface area contributed by atoms with Crippen molar-refractivity contribution in [3.05, 3.63) is 71.3 Å². The van der Waals surface area contributed by atoms with E-state index in [4.69, 9.17) is 9.47 Å². The molecule has 0 radical (unpaired) electrons. The molecule has 1 amide bonds. The number of hydrogen-bond acceptors (Lipinski definition) is 4. The Balaban J connectivity index is 1.46. The van der Waals surface area contributed by atoms with Crippen molar-refractivity contribution in [2.75, 3.05) is 13.2 Å². The number of ketones is 1. The predicted octanol–water partition coefficient (Wildman–Crippen LogP) is 4.81. The average molecular weight is 408 g/mol. The van der Waals surface area contributed by atoms with E-state index < -0.39 is 0 Å². The normalized spacial score (nSPS) is 23.3. The highest BCUT2D eigenvalue weighted by molar-refractivity contribution is 5.99. The number of amides is 1. The summed E-state index contributed by atoms with van der Waals surface area (Å²) in [5.74, 6) is 0.386.